The fraction of sp³-hybridized carbons (Fsp3) is 0.500. The van der Waals surface area contributed by atoms with Gasteiger partial charge < -0.3 is 20.9 Å². The van der Waals surface area contributed by atoms with Crippen LogP contribution in [0.2, 0.25) is 0 Å². The van der Waals surface area contributed by atoms with E-state index < -0.39 is 0 Å². The Balaban J connectivity index is 0.00000147. The minimum atomic E-state index is -0.177. The fourth-order valence-corrected chi connectivity index (χ4v) is 3.03. The Morgan fingerprint density at radius 3 is 2.90 bits per heavy atom. The Bertz CT molecular complexity index is 548. The van der Waals surface area contributed by atoms with Gasteiger partial charge in [0.15, 0.2) is 0 Å². The van der Waals surface area contributed by atoms with E-state index in [2.05, 4.69) is 5.32 Å². The molecule has 1 amide bonds. The van der Waals surface area contributed by atoms with Gasteiger partial charge in [-0.25, -0.2) is 0 Å². The first kappa shape index (κ1) is 15.1. The number of aliphatic hydroxyl groups is 1. The molecule has 3 rings (SSSR count). The Labute approximate surface area is 123 Å². The first-order valence-electron chi connectivity index (χ1n) is 6.59. The zero-order valence-corrected chi connectivity index (χ0v) is 12.1. The third kappa shape index (κ3) is 2.16. The van der Waals surface area contributed by atoms with E-state index in [1.54, 1.807) is 0 Å². The summed E-state index contributed by atoms with van der Waals surface area (Å²) < 4.78 is 5.91. The maximum atomic E-state index is 11.5. The van der Waals surface area contributed by atoms with E-state index in [-0.39, 0.29) is 36.9 Å². The number of amides is 1. The molecular weight excluding hydrogens is 280 g/mol. The number of hydrogen-bond donors (Lipinski definition) is 3. The molecule has 2 heterocycles. The summed E-state index contributed by atoms with van der Waals surface area (Å²) in [5, 5.41) is 12.5. The van der Waals surface area contributed by atoms with Crippen molar-refractivity contribution >= 4 is 24.0 Å². The summed E-state index contributed by atoms with van der Waals surface area (Å²) in [4.78, 5) is 11.5. The van der Waals surface area contributed by atoms with Gasteiger partial charge in [-0.15, -0.1) is 12.4 Å². The maximum Gasteiger partial charge on any atom is 0.224 e. The number of carbonyl (C=O) groups excluding carboxylic acids is 1. The highest BCUT2D eigenvalue weighted by Gasteiger charge is 2.37. The Morgan fingerprint density at radius 2 is 2.25 bits per heavy atom. The lowest BCUT2D eigenvalue weighted by Gasteiger charge is -2.21. The summed E-state index contributed by atoms with van der Waals surface area (Å²) >= 11 is 0. The lowest BCUT2D eigenvalue weighted by Crippen LogP contribution is -2.30. The minimum absolute atomic E-state index is 0. The molecule has 20 heavy (non-hydrogen) atoms. The number of benzene rings is 1. The van der Waals surface area contributed by atoms with Gasteiger partial charge in [-0.2, -0.15) is 0 Å². The van der Waals surface area contributed by atoms with Crippen molar-refractivity contribution < 1.29 is 14.6 Å². The molecule has 0 aromatic heterocycles. The second-order valence-corrected chi connectivity index (χ2v) is 5.19. The summed E-state index contributed by atoms with van der Waals surface area (Å²) in [6.07, 6.45) is 0.979. The number of ether oxygens (including phenoxy) is 1. The smallest absolute Gasteiger partial charge is 0.224 e. The molecule has 0 saturated heterocycles. The molecule has 0 saturated carbocycles. The number of rotatable bonds is 2. The van der Waals surface area contributed by atoms with Crippen molar-refractivity contribution in [1.82, 2.24) is 0 Å². The standard InChI is InChI=1S/C14H18N2O3.ClH/c1-7-4-9-10(6-17)11(5-15)19-14(9)8-2-3-12(18)16-13(7)8;/h4,10-11,17H,2-3,5-6,15H2,1H3,(H,16,18);1H. The number of aryl methyl sites for hydroxylation is 1. The lowest BCUT2D eigenvalue weighted by molar-refractivity contribution is -0.116. The van der Waals surface area contributed by atoms with Gasteiger partial charge in [-0.1, -0.05) is 0 Å². The largest absolute Gasteiger partial charge is 0.488 e. The maximum absolute atomic E-state index is 11.5. The average Bonchev–Trinajstić information content (AvgIpc) is 2.76. The van der Waals surface area contributed by atoms with E-state index in [9.17, 15) is 9.90 Å². The van der Waals surface area contributed by atoms with Crippen LogP contribution in [0.15, 0.2) is 6.07 Å². The minimum Gasteiger partial charge on any atom is -0.488 e. The highest BCUT2D eigenvalue weighted by atomic mass is 35.5. The summed E-state index contributed by atoms with van der Waals surface area (Å²) in [5.74, 6) is 0.791. The van der Waals surface area contributed by atoms with Gasteiger partial charge >= 0.3 is 0 Å². The number of aliphatic hydroxyl groups excluding tert-OH is 1. The molecule has 2 aliphatic rings. The second kappa shape index (κ2) is 5.60. The summed E-state index contributed by atoms with van der Waals surface area (Å²) in [6.45, 7) is 2.37. The predicted octanol–water partition coefficient (Wildman–Crippen LogP) is 1.10. The number of fused-ring (bicyclic) bond motifs is 3. The van der Waals surface area contributed by atoms with E-state index >= 15 is 0 Å². The van der Waals surface area contributed by atoms with Gasteiger partial charge in [0.2, 0.25) is 5.91 Å². The molecule has 1 aromatic rings. The average molecular weight is 299 g/mol. The molecule has 0 spiro atoms. The molecule has 0 radical (unpaired) electrons. The molecule has 2 atom stereocenters. The van der Waals surface area contributed by atoms with Crippen molar-refractivity contribution in [3.63, 3.8) is 0 Å². The van der Waals surface area contributed by atoms with Gasteiger partial charge in [0.05, 0.1) is 12.3 Å². The Morgan fingerprint density at radius 1 is 1.50 bits per heavy atom. The van der Waals surface area contributed by atoms with Crippen LogP contribution in [0, 0.1) is 6.92 Å². The molecule has 0 bridgehead atoms. The van der Waals surface area contributed by atoms with Crippen molar-refractivity contribution in [3.8, 4) is 5.75 Å². The van der Waals surface area contributed by atoms with Crippen molar-refractivity contribution in [2.24, 2.45) is 5.73 Å². The quantitative estimate of drug-likeness (QED) is 0.763. The van der Waals surface area contributed by atoms with Gasteiger partial charge in [0.1, 0.15) is 11.9 Å². The molecule has 2 aliphatic heterocycles. The zero-order chi connectivity index (χ0) is 13.6. The molecule has 5 nitrogen and oxygen atoms in total. The molecule has 1 aromatic carbocycles. The van der Waals surface area contributed by atoms with E-state index in [1.807, 2.05) is 13.0 Å². The van der Waals surface area contributed by atoms with E-state index in [0.717, 1.165) is 28.1 Å². The summed E-state index contributed by atoms with van der Waals surface area (Å²) in [6, 6.07) is 2.00. The van der Waals surface area contributed by atoms with Crippen molar-refractivity contribution in [2.45, 2.75) is 31.8 Å². The SMILES string of the molecule is Cc1cc2c(c3c1NC(=O)CC3)OC(CN)C2CO.Cl. The van der Waals surface area contributed by atoms with Crippen LogP contribution in [-0.4, -0.2) is 30.3 Å². The number of halogens is 1. The van der Waals surface area contributed by atoms with Crippen LogP contribution in [0.4, 0.5) is 5.69 Å². The van der Waals surface area contributed by atoms with Gasteiger partial charge in [-0.05, 0) is 25.0 Å². The third-order valence-corrected chi connectivity index (χ3v) is 4.02. The van der Waals surface area contributed by atoms with Crippen LogP contribution < -0.4 is 15.8 Å². The number of nitrogens with one attached hydrogen (secondary N) is 1. The second-order valence-electron chi connectivity index (χ2n) is 5.19. The van der Waals surface area contributed by atoms with Crippen LogP contribution in [-0.2, 0) is 11.2 Å². The topological polar surface area (TPSA) is 84.6 Å². The van der Waals surface area contributed by atoms with Crippen LogP contribution >= 0.6 is 12.4 Å². The number of nitrogens with two attached hydrogens (primary N) is 1. The summed E-state index contributed by atoms with van der Waals surface area (Å²) in [5.41, 5.74) is 9.65. The number of carbonyl (C=O) groups is 1. The fourth-order valence-electron chi connectivity index (χ4n) is 3.03. The summed E-state index contributed by atoms with van der Waals surface area (Å²) in [7, 11) is 0. The van der Waals surface area contributed by atoms with E-state index in [0.29, 0.717) is 19.4 Å². The van der Waals surface area contributed by atoms with E-state index in [1.165, 1.54) is 0 Å². The first-order valence-corrected chi connectivity index (χ1v) is 6.59. The number of hydrogen-bond acceptors (Lipinski definition) is 4. The highest BCUT2D eigenvalue weighted by Crippen LogP contribution is 2.46. The van der Waals surface area contributed by atoms with Crippen LogP contribution in [0.1, 0.15) is 29.0 Å². The van der Waals surface area contributed by atoms with Gasteiger partial charge in [-0.3, -0.25) is 4.79 Å². The van der Waals surface area contributed by atoms with Gasteiger partial charge in [0, 0.05) is 30.0 Å². The van der Waals surface area contributed by atoms with E-state index in [4.69, 9.17) is 10.5 Å². The molecular formula is C14H19ClN2O3. The van der Waals surface area contributed by atoms with Crippen molar-refractivity contribution in [3.05, 3.63) is 22.8 Å². The molecule has 4 N–H and O–H groups in total. The van der Waals surface area contributed by atoms with Crippen LogP contribution in [0.25, 0.3) is 0 Å². The van der Waals surface area contributed by atoms with Gasteiger partial charge in [0.25, 0.3) is 0 Å². The monoisotopic (exact) mass is 298 g/mol. The predicted molar refractivity (Wildman–Crippen MR) is 78.7 cm³/mol. The lowest BCUT2D eigenvalue weighted by atomic mass is 9.89. The molecule has 0 aliphatic carbocycles. The first-order chi connectivity index (χ1) is 9.15. The molecule has 110 valence electrons. The zero-order valence-electron chi connectivity index (χ0n) is 11.3. The normalized spacial score (nSPS) is 23.2. The Kier molecular flexibility index (Phi) is 4.22. The van der Waals surface area contributed by atoms with Crippen molar-refractivity contribution in [2.75, 3.05) is 18.5 Å². The number of anilines is 1. The Hall–Kier alpha value is -1.30. The van der Waals surface area contributed by atoms with Crippen LogP contribution in [0.3, 0.4) is 0 Å². The molecule has 0 fully saturated rings. The molecule has 2 unspecified atom stereocenters. The van der Waals surface area contributed by atoms with Crippen LogP contribution in [0.5, 0.6) is 5.75 Å². The highest BCUT2D eigenvalue weighted by molar-refractivity contribution is 5.95. The molecule has 6 heteroatoms. The third-order valence-electron chi connectivity index (χ3n) is 4.02. The van der Waals surface area contributed by atoms with Crippen molar-refractivity contribution in [1.29, 1.82) is 0 Å².